The third-order valence-corrected chi connectivity index (χ3v) is 3.12. The monoisotopic (exact) mass is 239 g/mol. The van der Waals surface area contributed by atoms with Crippen LogP contribution in [0.15, 0.2) is 4.52 Å². The summed E-state index contributed by atoms with van der Waals surface area (Å²) in [6.45, 7) is 6.66. The van der Waals surface area contributed by atoms with Crippen LogP contribution in [0.4, 0.5) is 0 Å². The molecule has 0 saturated carbocycles. The van der Waals surface area contributed by atoms with E-state index in [0.717, 1.165) is 43.6 Å². The highest BCUT2D eigenvalue weighted by atomic mass is 16.5. The molecule has 5 heteroatoms. The fourth-order valence-electron chi connectivity index (χ4n) is 2.11. The van der Waals surface area contributed by atoms with E-state index in [2.05, 4.69) is 22.4 Å². The Morgan fingerprint density at radius 1 is 1.53 bits per heavy atom. The number of ether oxygens (including phenoxy) is 1. The minimum Gasteiger partial charge on any atom is -0.381 e. The zero-order valence-corrected chi connectivity index (χ0v) is 10.6. The summed E-state index contributed by atoms with van der Waals surface area (Å²) in [5, 5.41) is 7.40. The molecule has 0 amide bonds. The summed E-state index contributed by atoms with van der Waals surface area (Å²) in [7, 11) is 0. The maximum atomic E-state index is 5.30. The number of hydrogen-bond donors (Lipinski definition) is 1. The maximum Gasteiger partial charge on any atom is 0.243 e. The molecule has 1 fully saturated rings. The van der Waals surface area contributed by atoms with Crippen molar-refractivity contribution in [2.45, 2.75) is 39.2 Å². The zero-order chi connectivity index (χ0) is 12.1. The first kappa shape index (κ1) is 12.5. The predicted molar refractivity (Wildman–Crippen MR) is 63.6 cm³/mol. The zero-order valence-electron chi connectivity index (χ0n) is 10.6. The molecule has 0 aromatic carbocycles. The van der Waals surface area contributed by atoms with Crippen molar-refractivity contribution in [2.24, 2.45) is 5.92 Å². The second-order valence-corrected chi connectivity index (χ2v) is 4.63. The van der Waals surface area contributed by atoms with Gasteiger partial charge in [-0.2, -0.15) is 4.98 Å². The van der Waals surface area contributed by atoms with Crippen LogP contribution in [0, 0.1) is 5.92 Å². The lowest BCUT2D eigenvalue weighted by Gasteiger charge is -2.25. The Morgan fingerprint density at radius 2 is 2.41 bits per heavy atom. The maximum absolute atomic E-state index is 5.30. The Balaban J connectivity index is 1.88. The number of nitrogens with one attached hydrogen (secondary N) is 1. The Labute approximate surface area is 102 Å². The first-order chi connectivity index (χ1) is 8.29. The van der Waals surface area contributed by atoms with Crippen molar-refractivity contribution in [3.05, 3.63) is 11.7 Å². The second-order valence-electron chi connectivity index (χ2n) is 4.63. The Kier molecular flexibility index (Phi) is 4.50. The number of aromatic nitrogens is 2. The van der Waals surface area contributed by atoms with Crippen LogP contribution >= 0.6 is 0 Å². The minimum absolute atomic E-state index is 0.229. The highest BCUT2D eigenvalue weighted by Gasteiger charge is 2.24. The Hall–Kier alpha value is -0.940. The van der Waals surface area contributed by atoms with E-state index in [1.807, 2.05) is 6.92 Å². The van der Waals surface area contributed by atoms with Crippen molar-refractivity contribution in [1.82, 2.24) is 15.5 Å². The summed E-state index contributed by atoms with van der Waals surface area (Å²) in [6, 6.07) is 0.229. The van der Waals surface area contributed by atoms with Crippen LogP contribution in [0.3, 0.4) is 0 Å². The molecule has 2 heterocycles. The van der Waals surface area contributed by atoms with Gasteiger partial charge in [0.2, 0.25) is 5.89 Å². The van der Waals surface area contributed by atoms with Gasteiger partial charge >= 0.3 is 0 Å². The van der Waals surface area contributed by atoms with Crippen LogP contribution in [-0.2, 0) is 11.2 Å². The van der Waals surface area contributed by atoms with E-state index in [0.29, 0.717) is 6.61 Å². The third kappa shape index (κ3) is 3.51. The summed E-state index contributed by atoms with van der Waals surface area (Å²) in [4.78, 5) is 4.42. The van der Waals surface area contributed by atoms with Crippen molar-refractivity contribution in [3.63, 3.8) is 0 Å². The first-order valence-corrected chi connectivity index (χ1v) is 6.43. The van der Waals surface area contributed by atoms with Gasteiger partial charge in [-0.05, 0) is 32.2 Å². The summed E-state index contributed by atoms with van der Waals surface area (Å²) in [5.41, 5.74) is 0. The molecule has 0 spiro atoms. The van der Waals surface area contributed by atoms with Crippen LogP contribution in [0.25, 0.3) is 0 Å². The van der Waals surface area contributed by atoms with Crippen LogP contribution in [0.5, 0.6) is 0 Å². The van der Waals surface area contributed by atoms with E-state index in [-0.39, 0.29) is 6.04 Å². The van der Waals surface area contributed by atoms with E-state index >= 15 is 0 Å². The summed E-state index contributed by atoms with van der Waals surface area (Å²) < 4.78 is 10.6. The van der Waals surface area contributed by atoms with Crippen molar-refractivity contribution < 1.29 is 9.26 Å². The molecule has 1 N–H and O–H groups in total. The summed E-state index contributed by atoms with van der Waals surface area (Å²) in [6.07, 6.45) is 3.02. The number of rotatable bonds is 5. The van der Waals surface area contributed by atoms with Crippen LogP contribution in [0.1, 0.15) is 44.4 Å². The predicted octanol–water partition coefficient (Wildman–Crippen LogP) is 1.71. The number of nitrogens with zero attached hydrogens (tertiary/aromatic N) is 2. The molecule has 1 aromatic rings. The normalized spacial score (nSPS) is 25.1. The Bertz CT molecular complexity index is 340. The molecule has 0 radical (unpaired) electrons. The smallest absolute Gasteiger partial charge is 0.243 e. The van der Waals surface area contributed by atoms with Gasteiger partial charge in [-0.15, -0.1) is 0 Å². The molecular formula is C12H21N3O2. The lowest BCUT2D eigenvalue weighted by Crippen LogP contribution is -2.30. The molecule has 1 aromatic heterocycles. The number of hydrogen-bond acceptors (Lipinski definition) is 5. The summed E-state index contributed by atoms with van der Waals surface area (Å²) in [5.74, 6) is 2.19. The molecule has 17 heavy (non-hydrogen) atoms. The molecule has 2 atom stereocenters. The lowest BCUT2D eigenvalue weighted by atomic mass is 9.94. The molecule has 5 nitrogen and oxygen atoms in total. The van der Waals surface area contributed by atoms with Crippen LogP contribution < -0.4 is 5.32 Å². The fraction of sp³-hybridized carbons (Fsp3) is 0.833. The summed E-state index contributed by atoms with van der Waals surface area (Å²) >= 11 is 0. The Morgan fingerprint density at radius 3 is 3.18 bits per heavy atom. The average molecular weight is 239 g/mol. The molecule has 0 bridgehead atoms. The topological polar surface area (TPSA) is 60.2 Å². The lowest BCUT2D eigenvalue weighted by molar-refractivity contribution is 0.149. The van der Waals surface area contributed by atoms with Gasteiger partial charge in [0.15, 0.2) is 5.82 Å². The third-order valence-electron chi connectivity index (χ3n) is 3.12. The van der Waals surface area contributed by atoms with E-state index in [1.165, 1.54) is 6.42 Å². The standard InChI is InChI=1S/C12H21N3O2/c1-3-16-7-5-11-14-12(17-15-11)10-8-9(2)4-6-13-10/h9-10,13H,3-8H2,1-2H3. The van der Waals surface area contributed by atoms with Gasteiger partial charge in [-0.25, -0.2) is 0 Å². The van der Waals surface area contributed by atoms with Crippen LogP contribution in [0.2, 0.25) is 0 Å². The quantitative estimate of drug-likeness (QED) is 0.793. The number of piperidine rings is 1. The average Bonchev–Trinajstić information content (AvgIpc) is 2.78. The molecular weight excluding hydrogens is 218 g/mol. The largest absolute Gasteiger partial charge is 0.381 e. The van der Waals surface area contributed by atoms with E-state index in [4.69, 9.17) is 9.26 Å². The molecule has 1 aliphatic heterocycles. The second kappa shape index (κ2) is 6.12. The van der Waals surface area contributed by atoms with Crippen molar-refractivity contribution in [3.8, 4) is 0 Å². The SMILES string of the molecule is CCOCCc1noc(C2CC(C)CCN2)n1. The van der Waals surface area contributed by atoms with Crippen molar-refractivity contribution in [1.29, 1.82) is 0 Å². The molecule has 2 unspecified atom stereocenters. The molecule has 96 valence electrons. The molecule has 1 aliphatic rings. The molecule has 1 saturated heterocycles. The van der Waals surface area contributed by atoms with Crippen molar-refractivity contribution >= 4 is 0 Å². The van der Waals surface area contributed by atoms with Gasteiger partial charge in [0.25, 0.3) is 0 Å². The van der Waals surface area contributed by atoms with Gasteiger partial charge in [0, 0.05) is 13.0 Å². The molecule has 2 rings (SSSR count). The van der Waals surface area contributed by atoms with E-state index < -0.39 is 0 Å². The van der Waals surface area contributed by atoms with Gasteiger partial charge in [-0.1, -0.05) is 12.1 Å². The van der Waals surface area contributed by atoms with Gasteiger partial charge < -0.3 is 14.6 Å². The highest BCUT2D eigenvalue weighted by Crippen LogP contribution is 2.25. The van der Waals surface area contributed by atoms with Gasteiger partial charge in [0.1, 0.15) is 0 Å². The highest BCUT2D eigenvalue weighted by molar-refractivity contribution is 4.95. The van der Waals surface area contributed by atoms with Crippen LogP contribution in [-0.4, -0.2) is 29.9 Å². The fourth-order valence-corrected chi connectivity index (χ4v) is 2.11. The first-order valence-electron chi connectivity index (χ1n) is 6.43. The van der Waals surface area contributed by atoms with Gasteiger partial charge in [0.05, 0.1) is 12.6 Å². The minimum atomic E-state index is 0.229. The van der Waals surface area contributed by atoms with E-state index in [9.17, 15) is 0 Å². The van der Waals surface area contributed by atoms with Gasteiger partial charge in [-0.3, -0.25) is 0 Å². The van der Waals surface area contributed by atoms with E-state index in [1.54, 1.807) is 0 Å². The molecule has 0 aliphatic carbocycles. The van der Waals surface area contributed by atoms with Crippen molar-refractivity contribution in [2.75, 3.05) is 19.8 Å².